The highest BCUT2D eigenvalue weighted by molar-refractivity contribution is 8.00. The summed E-state index contributed by atoms with van der Waals surface area (Å²) in [4.78, 5) is 57.9. The van der Waals surface area contributed by atoms with Gasteiger partial charge in [-0.05, 0) is 84.3 Å². The Morgan fingerprint density at radius 1 is 0.978 bits per heavy atom. The fourth-order valence-electron chi connectivity index (χ4n) is 7.95. The molecule has 2 N–H and O–H groups in total. The van der Waals surface area contributed by atoms with Crippen molar-refractivity contribution in [3.8, 4) is 5.75 Å². The van der Waals surface area contributed by atoms with Crippen molar-refractivity contribution in [1.29, 1.82) is 0 Å². The van der Waals surface area contributed by atoms with Crippen LogP contribution < -0.4 is 19.8 Å². The van der Waals surface area contributed by atoms with Gasteiger partial charge in [0.05, 0.1) is 32.6 Å². The summed E-state index contributed by atoms with van der Waals surface area (Å²) in [6.07, 6.45) is 0.743. The first-order valence-electron chi connectivity index (χ1n) is 14.7. The summed E-state index contributed by atoms with van der Waals surface area (Å²) in [5.74, 6) is -2.08. The molecule has 4 aromatic rings. The zero-order chi connectivity index (χ0) is 31.9. The molecule has 3 fully saturated rings. The number of nitrogens with one attached hydrogen (secondary N) is 2. The Balaban J connectivity index is 1.08. The molecular formula is C33H24Cl2FN3O5S2. The molecule has 1 saturated heterocycles. The summed E-state index contributed by atoms with van der Waals surface area (Å²) >= 11 is 14.8. The van der Waals surface area contributed by atoms with Gasteiger partial charge in [-0.2, -0.15) is 0 Å². The molecule has 1 aromatic heterocycles. The van der Waals surface area contributed by atoms with Gasteiger partial charge in [-0.15, -0.1) is 11.8 Å². The molecule has 0 radical (unpaired) electrons. The van der Waals surface area contributed by atoms with Crippen molar-refractivity contribution < 1.29 is 23.5 Å². The maximum atomic E-state index is 13.9. The lowest BCUT2D eigenvalue weighted by atomic mass is 9.68. The highest BCUT2D eigenvalue weighted by atomic mass is 35.5. The molecule has 8 nitrogen and oxygen atoms in total. The Hall–Kier alpha value is -3.64. The van der Waals surface area contributed by atoms with Crippen molar-refractivity contribution in [1.82, 2.24) is 4.98 Å². The van der Waals surface area contributed by atoms with E-state index >= 15 is 0 Å². The van der Waals surface area contributed by atoms with E-state index in [2.05, 4.69) is 10.3 Å². The minimum Gasteiger partial charge on any atom is -0.484 e. The maximum absolute atomic E-state index is 13.9. The van der Waals surface area contributed by atoms with Crippen molar-refractivity contribution in [2.24, 2.45) is 29.6 Å². The number of hydrogen-bond acceptors (Lipinski definition) is 7. The first-order chi connectivity index (χ1) is 22.2. The number of thiazole rings is 1. The summed E-state index contributed by atoms with van der Waals surface area (Å²) in [5, 5.41) is 4.25. The van der Waals surface area contributed by atoms with Crippen molar-refractivity contribution in [2.45, 2.75) is 22.6 Å². The van der Waals surface area contributed by atoms with E-state index in [1.54, 1.807) is 36.0 Å². The third-order valence-electron chi connectivity index (χ3n) is 9.60. The zero-order valence-electron chi connectivity index (χ0n) is 23.7. The lowest BCUT2D eigenvalue weighted by molar-refractivity contribution is -0.123. The second-order valence-electron chi connectivity index (χ2n) is 12.0. The van der Waals surface area contributed by atoms with E-state index in [0.717, 1.165) is 21.9 Å². The van der Waals surface area contributed by atoms with Crippen LogP contribution in [0, 0.1) is 35.4 Å². The van der Waals surface area contributed by atoms with Crippen molar-refractivity contribution in [3.05, 3.63) is 103 Å². The zero-order valence-corrected chi connectivity index (χ0v) is 26.9. The lowest BCUT2D eigenvalue weighted by Crippen LogP contribution is -2.42. The minimum atomic E-state index is -0.478. The summed E-state index contributed by atoms with van der Waals surface area (Å²) < 4.78 is 19.5. The highest BCUT2D eigenvalue weighted by Gasteiger charge is 2.69. The fourth-order valence-corrected chi connectivity index (χ4v) is 11.1. The van der Waals surface area contributed by atoms with Crippen LogP contribution in [0.4, 0.5) is 15.8 Å². The molecule has 3 aromatic carbocycles. The second kappa shape index (κ2) is 11.3. The Bertz CT molecular complexity index is 1980. The summed E-state index contributed by atoms with van der Waals surface area (Å²) in [6, 6.07) is 17.7. The number of H-pyrrole nitrogens is 1. The van der Waals surface area contributed by atoms with Gasteiger partial charge >= 0.3 is 4.87 Å². The number of carbonyl (C=O) groups excluding carboxylic acids is 3. The van der Waals surface area contributed by atoms with Gasteiger partial charge in [0.15, 0.2) is 6.61 Å². The van der Waals surface area contributed by atoms with Crippen LogP contribution in [-0.2, 0) is 14.4 Å². The molecule has 3 heterocycles. The smallest absolute Gasteiger partial charge is 0.305 e. The summed E-state index contributed by atoms with van der Waals surface area (Å²) in [7, 11) is 0. The van der Waals surface area contributed by atoms with Crippen molar-refractivity contribution in [2.75, 3.05) is 16.8 Å². The molecule has 2 aliphatic carbocycles. The average Bonchev–Trinajstić information content (AvgIpc) is 3.77. The molecular weight excluding hydrogens is 672 g/mol. The number of hydrogen-bond donors (Lipinski definition) is 2. The van der Waals surface area contributed by atoms with Gasteiger partial charge in [0.1, 0.15) is 11.6 Å². The van der Waals surface area contributed by atoms with E-state index in [1.165, 1.54) is 40.5 Å². The maximum Gasteiger partial charge on any atom is 0.305 e. The number of rotatable bonds is 6. The fraction of sp³-hybridized carbons (Fsp3) is 0.273. The van der Waals surface area contributed by atoms with E-state index in [4.69, 9.17) is 27.9 Å². The van der Waals surface area contributed by atoms with E-state index in [-0.39, 0.29) is 58.1 Å². The van der Waals surface area contributed by atoms with E-state index in [9.17, 15) is 23.6 Å². The summed E-state index contributed by atoms with van der Waals surface area (Å²) in [6.45, 7) is -0.247. The van der Waals surface area contributed by atoms with Crippen LogP contribution in [0.1, 0.15) is 22.8 Å². The number of aromatic amines is 1. The van der Waals surface area contributed by atoms with Crippen LogP contribution in [0.3, 0.4) is 0 Å². The number of nitrogens with zero attached hydrogens (tertiary/aromatic N) is 1. The predicted molar refractivity (Wildman–Crippen MR) is 174 cm³/mol. The number of thioether (sulfide) groups is 1. The number of anilines is 2. The molecule has 2 bridgehead atoms. The Labute approximate surface area is 280 Å². The van der Waals surface area contributed by atoms with Crippen LogP contribution in [0.5, 0.6) is 5.75 Å². The number of carbonyl (C=O) groups is 3. The first kappa shape index (κ1) is 29.7. The molecule has 2 saturated carbocycles. The molecule has 7 atom stereocenters. The van der Waals surface area contributed by atoms with Gasteiger partial charge < -0.3 is 15.0 Å². The molecule has 3 amide bonds. The molecule has 234 valence electrons. The predicted octanol–water partition coefficient (Wildman–Crippen LogP) is 6.58. The number of benzene rings is 3. The number of ether oxygens (including phenoxy) is 1. The minimum absolute atomic E-state index is 0.00619. The molecule has 4 aliphatic rings. The van der Waals surface area contributed by atoms with Gasteiger partial charge in [-0.3, -0.25) is 24.1 Å². The lowest BCUT2D eigenvalue weighted by Gasteiger charge is -2.43. The van der Waals surface area contributed by atoms with E-state index in [0.29, 0.717) is 27.2 Å². The number of aromatic nitrogens is 1. The number of amides is 3. The number of fused-ring (bicyclic) bond motifs is 9. The van der Waals surface area contributed by atoms with Crippen LogP contribution in [0.25, 0.3) is 0 Å². The molecule has 4 unspecified atom stereocenters. The summed E-state index contributed by atoms with van der Waals surface area (Å²) in [5.41, 5.74) is 1.78. The third kappa shape index (κ3) is 4.78. The van der Waals surface area contributed by atoms with Crippen molar-refractivity contribution >= 4 is 75.4 Å². The van der Waals surface area contributed by atoms with Crippen molar-refractivity contribution in [3.63, 3.8) is 0 Å². The van der Waals surface area contributed by atoms with Gasteiger partial charge in [0.25, 0.3) is 5.91 Å². The Morgan fingerprint density at radius 3 is 2.50 bits per heavy atom. The molecule has 2 aliphatic heterocycles. The van der Waals surface area contributed by atoms with E-state index < -0.39 is 17.7 Å². The highest BCUT2D eigenvalue weighted by Crippen LogP contribution is 2.68. The number of halogens is 3. The standard InChI is InChI=1S/C33H24Cl2FN3O5S2/c34-21-9-6-16(11-22(21)35)37-23(40)13-44-18-3-1-2-14(10-18)24-25-19-12-20(28(25)45-30-29(24)46-33(43)38-30)27-26(19)31(41)39(32(27)42)17-7-4-15(36)5-8-17/h1-11,19-20,24-28H,12-13H2,(H,37,40)(H,38,43)/t19-,20-,24-,25?,26?,27?,28?/m1/s1. The van der Waals surface area contributed by atoms with Crippen LogP contribution >= 0.6 is 46.3 Å². The SMILES string of the molecule is O=C(COc1cccc([C@H]2c3sc(=O)[nH]c3SC3C2[C@H]2C[C@@H]3C3C(=O)N(c4ccc(F)cc4)C(=O)C32)c1)Nc1ccc(Cl)c(Cl)c1. The largest absolute Gasteiger partial charge is 0.484 e. The second-order valence-corrected chi connectivity index (χ2v) is 15.0. The average molecular weight is 697 g/mol. The third-order valence-corrected chi connectivity index (χ3v) is 12.9. The Kier molecular flexibility index (Phi) is 7.28. The van der Waals surface area contributed by atoms with Gasteiger partial charge in [0, 0.05) is 21.7 Å². The van der Waals surface area contributed by atoms with Gasteiger partial charge in [-0.25, -0.2) is 4.39 Å². The van der Waals surface area contributed by atoms with Crippen LogP contribution in [0.2, 0.25) is 10.0 Å². The molecule has 13 heteroatoms. The normalized spacial score (nSPS) is 27.4. The van der Waals surface area contributed by atoms with Crippen LogP contribution in [-0.4, -0.2) is 34.6 Å². The monoisotopic (exact) mass is 695 g/mol. The first-order valence-corrected chi connectivity index (χ1v) is 17.1. The van der Waals surface area contributed by atoms with Gasteiger partial charge in [-0.1, -0.05) is 46.7 Å². The van der Waals surface area contributed by atoms with E-state index in [1.807, 2.05) is 18.2 Å². The topological polar surface area (TPSA) is 109 Å². The quantitative estimate of drug-likeness (QED) is 0.221. The van der Waals surface area contributed by atoms with Crippen LogP contribution in [0.15, 0.2) is 76.6 Å². The number of imide groups is 1. The molecule has 46 heavy (non-hydrogen) atoms. The Morgan fingerprint density at radius 2 is 1.74 bits per heavy atom. The van der Waals surface area contributed by atoms with Gasteiger partial charge in [0.2, 0.25) is 11.8 Å². The molecule has 8 rings (SSSR count). The molecule has 0 spiro atoms.